The summed E-state index contributed by atoms with van der Waals surface area (Å²) >= 11 is 0. The van der Waals surface area contributed by atoms with Crippen LogP contribution in [0.15, 0.2) is 4.99 Å². The van der Waals surface area contributed by atoms with Crippen LogP contribution in [0.1, 0.15) is 46.5 Å². The molecule has 0 amide bonds. The Bertz CT molecular complexity index is 339. The van der Waals surface area contributed by atoms with Gasteiger partial charge in [0.25, 0.3) is 0 Å². The first kappa shape index (κ1) is 22.2. The summed E-state index contributed by atoms with van der Waals surface area (Å²) in [5.41, 5.74) is 0. The van der Waals surface area contributed by atoms with Crippen molar-refractivity contribution in [3.63, 3.8) is 0 Å². The Morgan fingerprint density at radius 2 is 1.92 bits per heavy atom. The number of nitrogens with zero attached hydrogens (tertiary/aromatic N) is 2. The quantitative estimate of drug-likeness (QED) is 0.301. The number of ether oxygens (including phenoxy) is 2. The highest BCUT2D eigenvalue weighted by Gasteiger charge is 2.15. The molecule has 0 aromatic rings. The molecule has 1 atom stereocenters. The smallest absolute Gasteiger partial charge is 0.191 e. The van der Waals surface area contributed by atoms with Crippen molar-refractivity contribution < 1.29 is 9.47 Å². The van der Waals surface area contributed by atoms with Crippen molar-refractivity contribution in [2.45, 2.75) is 46.5 Å². The maximum Gasteiger partial charge on any atom is 0.191 e. The lowest BCUT2D eigenvalue weighted by Crippen LogP contribution is -2.40. The first-order valence-electron chi connectivity index (χ1n) is 10.2. The molecule has 0 radical (unpaired) electrons. The average Bonchev–Trinajstić information content (AvgIpc) is 2.60. The fourth-order valence-corrected chi connectivity index (χ4v) is 2.94. The Balaban J connectivity index is 2.07. The van der Waals surface area contributed by atoms with Gasteiger partial charge in [-0.15, -0.1) is 0 Å². The van der Waals surface area contributed by atoms with E-state index in [0.717, 1.165) is 51.1 Å². The van der Waals surface area contributed by atoms with Gasteiger partial charge in [0.15, 0.2) is 5.96 Å². The van der Waals surface area contributed by atoms with Gasteiger partial charge in [-0.2, -0.15) is 0 Å². The molecule has 0 saturated carbocycles. The van der Waals surface area contributed by atoms with Crippen LogP contribution in [0, 0.1) is 5.92 Å². The third kappa shape index (κ3) is 12.2. The summed E-state index contributed by atoms with van der Waals surface area (Å²) in [6, 6.07) is 0. The van der Waals surface area contributed by atoms with Crippen LogP contribution in [0.4, 0.5) is 0 Å². The van der Waals surface area contributed by atoms with E-state index in [1.54, 1.807) is 0 Å². The van der Waals surface area contributed by atoms with Crippen LogP contribution in [0.2, 0.25) is 0 Å². The molecule has 0 aromatic carbocycles. The fourth-order valence-electron chi connectivity index (χ4n) is 2.94. The van der Waals surface area contributed by atoms with E-state index in [1.165, 1.54) is 32.4 Å². The molecule has 0 aliphatic carbocycles. The van der Waals surface area contributed by atoms with E-state index >= 15 is 0 Å². The monoisotopic (exact) mass is 356 g/mol. The second-order valence-corrected chi connectivity index (χ2v) is 6.81. The Hall–Kier alpha value is -0.850. The lowest BCUT2D eigenvalue weighted by Gasteiger charge is -2.30. The van der Waals surface area contributed by atoms with E-state index in [-0.39, 0.29) is 0 Å². The largest absolute Gasteiger partial charge is 0.379 e. The van der Waals surface area contributed by atoms with Gasteiger partial charge in [-0.05, 0) is 38.6 Å². The van der Waals surface area contributed by atoms with Crippen LogP contribution in [0.5, 0.6) is 0 Å². The molecule has 1 rings (SSSR count). The van der Waals surface area contributed by atoms with Gasteiger partial charge in [-0.25, -0.2) is 0 Å². The Morgan fingerprint density at radius 1 is 1.12 bits per heavy atom. The highest BCUT2D eigenvalue weighted by molar-refractivity contribution is 5.79. The highest BCUT2D eigenvalue weighted by Crippen LogP contribution is 2.14. The maximum atomic E-state index is 5.58. The van der Waals surface area contributed by atoms with E-state index < -0.39 is 0 Å². The van der Waals surface area contributed by atoms with Gasteiger partial charge in [0.2, 0.25) is 0 Å². The van der Waals surface area contributed by atoms with E-state index in [4.69, 9.17) is 9.47 Å². The van der Waals surface area contributed by atoms with Crippen LogP contribution in [0.3, 0.4) is 0 Å². The molecular formula is C19H40N4O2. The van der Waals surface area contributed by atoms with Crippen molar-refractivity contribution >= 4 is 5.96 Å². The van der Waals surface area contributed by atoms with Gasteiger partial charge >= 0.3 is 0 Å². The Labute approximate surface area is 154 Å². The van der Waals surface area contributed by atoms with Gasteiger partial charge in [0.05, 0.1) is 26.4 Å². The third-order valence-electron chi connectivity index (χ3n) is 4.32. The minimum absolute atomic E-state index is 0.659. The standard InChI is InChI=1S/C19H40N4O2/c1-4-6-13-24-15-16-25-14-10-22-19(20-5-2)21-9-12-23-11-7-8-18(3)17-23/h18H,4-17H2,1-3H3,(H2,20,21,22). The van der Waals surface area contributed by atoms with Crippen molar-refractivity contribution in [3.8, 4) is 0 Å². The van der Waals surface area contributed by atoms with Crippen molar-refractivity contribution in [2.24, 2.45) is 10.9 Å². The zero-order valence-electron chi connectivity index (χ0n) is 16.7. The van der Waals surface area contributed by atoms with E-state index in [9.17, 15) is 0 Å². The van der Waals surface area contributed by atoms with Gasteiger partial charge in [0.1, 0.15) is 0 Å². The molecule has 148 valence electrons. The second-order valence-electron chi connectivity index (χ2n) is 6.81. The zero-order chi connectivity index (χ0) is 18.2. The molecule has 2 N–H and O–H groups in total. The van der Waals surface area contributed by atoms with Crippen molar-refractivity contribution in [2.75, 3.05) is 65.7 Å². The molecule has 1 heterocycles. The third-order valence-corrected chi connectivity index (χ3v) is 4.32. The number of likely N-dealkylation sites (tertiary alicyclic amines) is 1. The fraction of sp³-hybridized carbons (Fsp3) is 0.947. The predicted octanol–water partition coefficient (Wildman–Crippen LogP) is 2.11. The molecule has 6 nitrogen and oxygen atoms in total. The number of aliphatic imine (C=N–C) groups is 1. The van der Waals surface area contributed by atoms with Crippen molar-refractivity contribution in [1.82, 2.24) is 15.5 Å². The number of unbranched alkanes of at least 4 members (excludes halogenated alkanes) is 1. The molecule has 1 unspecified atom stereocenters. The minimum Gasteiger partial charge on any atom is -0.379 e. The predicted molar refractivity (Wildman–Crippen MR) is 105 cm³/mol. The van der Waals surface area contributed by atoms with E-state index in [2.05, 4.69) is 41.3 Å². The average molecular weight is 357 g/mol. The van der Waals surface area contributed by atoms with Crippen LogP contribution in [-0.4, -0.2) is 76.6 Å². The summed E-state index contributed by atoms with van der Waals surface area (Å²) in [6.07, 6.45) is 4.99. The lowest BCUT2D eigenvalue weighted by atomic mass is 10.0. The SMILES string of the molecule is CCCCOCCOCCNC(=NCCN1CCCC(C)C1)NCC. The normalized spacial score (nSPS) is 19.2. The van der Waals surface area contributed by atoms with Gasteiger partial charge in [0, 0.05) is 32.8 Å². The minimum atomic E-state index is 0.659. The number of hydrogen-bond donors (Lipinski definition) is 2. The number of rotatable bonds is 13. The first-order chi connectivity index (χ1) is 12.3. The van der Waals surface area contributed by atoms with E-state index in [1.807, 2.05) is 0 Å². The Kier molecular flexibility index (Phi) is 13.7. The summed E-state index contributed by atoms with van der Waals surface area (Å²) in [5.74, 6) is 1.71. The molecule has 1 fully saturated rings. The van der Waals surface area contributed by atoms with Crippen molar-refractivity contribution in [1.29, 1.82) is 0 Å². The molecule has 1 saturated heterocycles. The summed E-state index contributed by atoms with van der Waals surface area (Å²) in [4.78, 5) is 7.20. The molecule has 6 heteroatoms. The zero-order valence-corrected chi connectivity index (χ0v) is 16.7. The van der Waals surface area contributed by atoms with E-state index in [0.29, 0.717) is 19.8 Å². The number of piperidine rings is 1. The molecule has 1 aliphatic rings. The highest BCUT2D eigenvalue weighted by atomic mass is 16.5. The van der Waals surface area contributed by atoms with Gasteiger partial charge < -0.3 is 25.0 Å². The molecule has 0 spiro atoms. The van der Waals surface area contributed by atoms with Crippen LogP contribution >= 0.6 is 0 Å². The summed E-state index contributed by atoms with van der Waals surface area (Å²) in [5, 5.41) is 6.63. The van der Waals surface area contributed by atoms with Crippen LogP contribution < -0.4 is 10.6 Å². The molecule has 1 aliphatic heterocycles. The second kappa shape index (κ2) is 15.4. The summed E-state index contributed by atoms with van der Waals surface area (Å²) in [6.45, 7) is 15.4. The number of hydrogen-bond acceptors (Lipinski definition) is 4. The van der Waals surface area contributed by atoms with Crippen molar-refractivity contribution in [3.05, 3.63) is 0 Å². The summed E-state index contributed by atoms with van der Waals surface area (Å²) < 4.78 is 11.0. The molecule has 25 heavy (non-hydrogen) atoms. The van der Waals surface area contributed by atoms with Gasteiger partial charge in [-0.3, -0.25) is 4.99 Å². The maximum absolute atomic E-state index is 5.58. The first-order valence-corrected chi connectivity index (χ1v) is 10.2. The number of nitrogens with one attached hydrogen (secondary N) is 2. The topological polar surface area (TPSA) is 58.1 Å². The van der Waals surface area contributed by atoms with Crippen LogP contribution in [-0.2, 0) is 9.47 Å². The lowest BCUT2D eigenvalue weighted by molar-refractivity contribution is 0.0487. The molecular weight excluding hydrogens is 316 g/mol. The molecule has 0 aromatic heterocycles. The number of guanidine groups is 1. The Morgan fingerprint density at radius 3 is 2.64 bits per heavy atom. The van der Waals surface area contributed by atoms with Gasteiger partial charge in [-0.1, -0.05) is 20.3 Å². The summed E-state index contributed by atoms with van der Waals surface area (Å²) in [7, 11) is 0. The molecule has 0 bridgehead atoms. The van der Waals surface area contributed by atoms with Crippen LogP contribution in [0.25, 0.3) is 0 Å².